The maximum absolute atomic E-state index is 6.11. The second kappa shape index (κ2) is 9.21. The molecule has 1 heterocycles. The molecule has 1 aliphatic heterocycles. The van der Waals surface area contributed by atoms with Crippen LogP contribution in [0.5, 0.6) is 5.75 Å². The largest absolute Gasteiger partial charge is 0.495 e. The summed E-state index contributed by atoms with van der Waals surface area (Å²) in [6, 6.07) is 16.1. The predicted octanol–water partition coefficient (Wildman–Crippen LogP) is 4.25. The lowest BCUT2D eigenvalue weighted by Crippen LogP contribution is -2.37. The minimum Gasteiger partial charge on any atom is -0.495 e. The first-order valence-electron chi connectivity index (χ1n) is 8.81. The van der Waals surface area contributed by atoms with Gasteiger partial charge in [-0.2, -0.15) is 0 Å². The Morgan fingerprint density at radius 1 is 1.12 bits per heavy atom. The van der Waals surface area contributed by atoms with E-state index in [-0.39, 0.29) is 0 Å². The van der Waals surface area contributed by atoms with E-state index in [0.29, 0.717) is 10.1 Å². The monoisotopic (exact) mass is 389 g/mol. The van der Waals surface area contributed by atoms with Crippen molar-refractivity contribution in [2.24, 2.45) is 0 Å². The zero-order chi connectivity index (χ0) is 18.4. The molecule has 0 aromatic heterocycles. The first-order chi connectivity index (χ1) is 12.7. The van der Waals surface area contributed by atoms with Crippen molar-refractivity contribution in [1.29, 1.82) is 0 Å². The number of thiocarbonyl (C=S) groups is 1. The summed E-state index contributed by atoms with van der Waals surface area (Å²) >= 11 is 11.7. The smallest absolute Gasteiger partial charge is 0.173 e. The van der Waals surface area contributed by atoms with Crippen LogP contribution in [0.25, 0.3) is 0 Å². The Bertz CT molecular complexity index is 741. The fourth-order valence-corrected chi connectivity index (χ4v) is 3.61. The Hall–Kier alpha value is -1.82. The molecule has 0 saturated carbocycles. The van der Waals surface area contributed by atoms with E-state index in [1.807, 2.05) is 18.2 Å². The molecule has 138 valence electrons. The van der Waals surface area contributed by atoms with Gasteiger partial charge in [-0.15, -0.1) is 0 Å². The molecule has 0 spiro atoms. The molecule has 0 unspecified atom stereocenters. The van der Waals surface area contributed by atoms with Crippen molar-refractivity contribution in [1.82, 2.24) is 9.80 Å². The summed E-state index contributed by atoms with van der Waals surface area (Å²) in [7, 11) is 1.64. The van der Waals surface area contributed by atoms with Crippen molar-refractivity contribution in [2.75, 3.05) is 38.6 Å². The van der Waals surface area contributed by atoms with Crippen molar-refractivity contribution in [3.63, 3.8) is 0 Å². The molecule has 2 aromatic rings. The highest BCUT2D eigenvalue weighted by atomic mass is 35.5. The second-order valence-electron chi connectivity index (χ2n) is 6.38. The van der Waals surface area contributed by atoms with Gasteiger partial charge in [0.25, 0.3) is 0 Å². The minimum absolute atomic E-state index is 0.654. The third-order valence-electron chi connectivity index (χ3n) is 4.53. The Labute approximate surface area is 165 Å². The zero-order valence-corrected chi connectivity index (χ0v) is 16.5. The highest BCUT2D eigenvalue weighted by Gasteiger charge is 2.18. The topological polar surface area (TPSA) is 27.7 Å². The standard InChI is InChI=1S/C20H24ClN3OS/c1-25-19-9-8-17(21)14-18(19)22-20(26)24-11-5-10-23(12-13-24)15-16-6-3-2-4-7-16/h2-4,6-9,14H,5,10-13,15H2,1H3,(H,22,26). The van der Waals surface area contributed by atoms with E-state index in [1.54, 1.807) is 7.11 Å². The molecular formula is C20H24ClN3OS. The summed E-state index contributed by atoms with van der Waals surface area (Å²) in [5.74, 6) is 0.734. The van der Waals surface area contributed by atoms with Gasteiger partial charge in [-0.3, -0.25) is 4.90 Å². The molecule has 1 saturated heterocycles. The lowest BCUT2D eigenvalue weighted by molar-refractivity contribution is 0.278. The van der Waals surface area contributed by atoms with Gasteiger partial charge in [-0.05, 0) is 42.4 Å². The summed E-state index contributed by atoms with van der Waals surface area (Å²) < 4.78 is 5.39. The van der Waals surface area contributed by atoms with E-state index in [4.69, 9.17) is 28.6 Å². The van der Waals surface area contributed by atoms with Crippen LogP contribution in [-0.4, -0.2) is 48.2 Å². The molecule has 26 heavy (non-hydrogen) atoms. The van der Waals surface area contributed by atoms with E-state index in [9.17, 15) is 0 Å². The molecule has 0 bridgehead atoms. The number of anilines is 1. The summed E-state index contributed by atoms with van der Waals surface area (Å²) in [5.41, 5.74) is 2.15. The number of nitrogens with one attached hydrogen (secondary N) is 1. The summed E-state index contributed by atoms with van der Waals surface area (Å²) in [5, 5.41) is 4.66. The molecule has 0 aliphatic carbocycles. The van der Waals surface area contributed by atoms with Crippen LogP contribution in [0.15, 0.2) is 48.5 Å². The van der Waals surface area contributed by atoms with Gasteiger partial charge in [0.05, 0.1) is 12.8 Å². The zero-order valence-electron chi connectivity index (χ0n) is 15.0. The fourth-order valence-electron chi connectivity index (χ4n) is 3.15. The number of methoxy groups -OCH3 is 1. The number of halogens is 1. The fraction of sp³-hybridized carbons (Fsp3) is 0.350. The number of hydrogen-bond acceptors (Lipinski definition) is 3. The van der Waals surface area contributed by atoms with E-state index in [1.165, 1.54) is 5.56 Å². The van der Waals surface area contributed by atoms with Crippen molar-refractivity contribution in [3.8, 4) is 5.75 Å². The van der Waals surface area contributed by atoms with Gasteiger partial charge in [0.15, 0.2) is 5.11 Å². The highest BCUT2D eigenvalue weighted by Crippen LogP contribution is 2.28. The van der Waals surface area contributed by atoms with Gasteiger partial charge in [0, 0.05) is 37.7 Å². The van der Waals surface area contributed by atoms with E-state index < -0.39 is 0 Å². The van der Waals surface area contributed by atoms with Crippen molar-refractivity contribution >= 4 is 34.6 Å². The lowest BCUT2D eigenvalue weighted by atomic mass is 10.2. The van der Waals surface area contributed by atoms with Gasteiger partial charge >= 0.3 is 0 Å². The van der Waals surface area contributed by atoms with Gasteiger partial charge in [0.1, 0.15) is 5.75 Å². The summed E-state index contributed by atoms with van der Waals surface area (Å²) in [6.07, 6.45) is 1.08. The van der Waals surface area contributed by atoms with Crippen LogP contribution in [-0.2, 0) is 6.54 Å². The molecule has 6 heteroatoms. The van der Waals surface area contributed by atoms with Crippen LogP contribution in [0.3, 0.4) is 0 Å². The Morgan fingerprint density at radius 2 is 1.92 bits per heavy atom. The third kappa shape index (κ3) is 5.10. The number of ether oxygens (including phenoxy) is 1. The van der Waals surface area contributed by atoms with E-state index in [2.05, 4.69) is 45.4 Å². The molecule has 0 radical (unpaired) electrons. The highest BCUT2D eigenvalue weighted by molar-refractivity contribution is 7.80. The van der Waals surface area contributed by atoms with Crippen molar-refractivity contribution < 1.29 is 4.74 Å². The minimum atomic E-state index is 0.654. The van der Waals surface area contributed by atoms with E-state index >= 15 is 0 Å². The average molecular weight is 390 g/mol. The second-order valence-corrected chi connectivity index (χ2v) is 7.20. The summed E-state index contributed by atoms with van der Waals surface area (Å²) in [6.45, 7) is 4.90. The number of benzene rings is 2. The van der Waals surface area contributed by atoms with Crippen LogP contribution in [0, 0.1) is 0 Å². The van der Waals surface area contributed by atoms with Crippen molar-refractivity contribution in [2.45, 2.75) is 13.0 Å². The van der Waals surface area contributed by atoms with Gasteiger partial charge in [-0.1, -0.05) is 41.9 Å². The predicted molar refractivity (Wildman–Crippen MR) is 112 cm³/mol. The lowest BCUT2D eigenvalue weighted by Gasteiger charge is -2.25. The normalized spacial score (nSPS) is 15.4. The molecule has 1 N–H and O–H groups in total. The molecule has 1 aliphatic rings. The quantitative estimate of drug-likeness (QED) is 0.789. The molecule has 4 nitrogen and oxygen atoms in total. The van der Waals surface area contributed by atoms with Crippen molar-refractivity contribution in [3.05, 3.63) is 59.1 Å². The first-order valence-corrected chi connectivity index (χ1v) is 9.60. The average Bonchev–Trinajstić information content (AvgIpc) is 2.88. The first kappa shape index (κ1) is 19.0. The van der Waals surface area contributed by atoms with Crippen LogP contribution in [0.2, 0.25) is 5.02 Å². The molecule has 3 rings (SSSR count). The Morgan fingerprint density at radius 3 is 2.69 bits per heavy atom. The maximum atomic E-state index is 6.11. The van der Waals surface area contributed by atoms with Gasteiger partial charge in [-0.25, -0.2) is 0 Å². The number of hydrogen-bond donors (Lipinski definition) is 1. The number of nitrogens with zero attached hydrogens (tertiary/aromatic N) is 2. The van der Waals surface area contributed by atoms with Gasteiger partial charge in [0.2, 0.25) is 0 Å². The number of rotatable bonds is 4. The van der Waals surface area contributed by atoms with Gasteiger partial charge < -0.3 is 15.0 Å². The SMILES string of the molecule is COc1ccc(Cl)cc1NC(=S)N1CCCN(Cc2ccccc2)CC1. The van der Waals surface area contributed by atoms with Crippen LogP contribution in [0.1, 0.15) is 12.0 Å². The third-order valence-corrected chi connectivity index (χ3v) is 5.12. The molecule has 0 amide bonds. The Kier molecular flexibility index (Phi) is 6.72. The summed E-state index contributed by atoms with van der Waals surface area (Å²) in [4.78, 5) is 4.71. The van der Waals surface area contributed by atoms with Crippen LogP contribution in [0.4, 0.5) is 5.69 Å². The molecule has 2 aromatic carbocycles. The Balaban J connectivity index is 1.58. The molecular weight excluding hydrogens is 366 g/mol. The maximum Gasteiger partial charge on any atom is 0.173 e. The van der Waals surface area contributed by atoms with Crippen LogP contribution >= 0.6 is 23.8 Å². The van der Waals surface area contributed by atoms with E-state index in [0.717, 1.165) is 50.6 Å². The van der Waals surface area contributed by atoms with Crippen LogP contribution < -0.4 is 10.1 Å². The molecule has 0 atom stereocenters. The molecule has 1 fully saturated rings.